The summed E-state index contributed by atoms with van der Waals surface area (Å²) in [6, 6.07) is 5.23. The molecule has 0 spiro atoms. The second-order valence-corrected chi connectivity index (χ2v) is 2.83. The van der Waals surface area contributed by atoms with Crippen molar-refractivity contribution in [1.29, 1.82) is 0 Å². The first-order valence-electron chi connectivity index (χ1n) is 3.66. The molecule has 0 aromatic heterocycles. The third-order valence-corrected chi connectivity index (χ3v) is 1.75. The molecule has 1 aromatic rings. The molecule has 11 heavy (non-hydrogen) atoms. The molecule has 60 valence electrons. The summed E-state index contributed by atoms with van der Waals surface area (Å²) in [7, 11) is 0. The monoisotopic (exact) mass is 151 g/mol. The van der Waals surface area contributed by atoms with E-state index in [1.54, 1.807) is 12.1 Å². The molecule has 0 bridgehead atoms. The van der Waals surface area contributed by atoms with Gasteiger partial charge in [0.15, 0.2) is 0 Å². The summed E-state index contributed by atoms with van der Waals surface area (Å²) in [5, 5.41) is 9.13. The minimum absolute atomic E-state index is 0.0119. The molecule has 0 aliphatic heterocycles. The number of hydrogen-bond acceptors (Lipinski definition) is 2. The van der Waals surface area contributed by atoms with Crippen LogP contribution in [0.2, 0.25) is 0 Å². The first-order chi connectivity index (χ1) is 5.11. The lowest BCUT2D eigenvalue weighted by Crippen LogP contribution is -2.06. The Hall–Kier alpha value is -1.02. The van der Waals surface area contributed by atoms with Crippen molar-refractivity contribution in [1.82, 2.24) is 0 Å². The fourth-order valence-electron chi connectivity index (χ4n) is 1.12. The van der Waals surface area contributed by atoms with Crippen LogP contribution in [0.5, 0.6) is 5.75 Å². The van der Waals surface area contributed by atoms with Crippen LogP contribution >= 0.6 is 0 Å². The average Bonchev–Trinajstić information content (AvgIpc) is 1.94. The van der Waals surface area contributed by atoms with Crippen molar-refractivity contribution in [3.63, 3.8) is 0 Å². The Balaban J connectivity index is 3.13. The third-order valence-electron chi connectivity index (χ3n) is 1.75. The van der Waals surface area contributed by atoms with E-state index in [9.17, 15) is 0 Å². The molecular weight excluding hydrogens is 138 g/mol. The Bertz CT molecular complexity index is 256. The van der Waals surface area contributed by atoms with Crippen molar-refractivity contribution in [3.05, 3.63) is 29.3 Å². The highest BCUT2D eigenvalue weighted by atomic mass is 16.3. The summed E-state index contributed by atoms with van der Waals surface area (Å²) in [5.74, 6) is 0.280. The predicted molar refractivity (Wildman–Crippen MR) is 45.4 cm³/mol. The second kappa shape index (κ2) is 2.93. The van der Waals surface area contributed by atoms with Crippen molar-refractivity contribution in [2.45, 2.75) is 19.9 Å². The molecule has 0 heterocycles. The molecule has 0 fully saturated rings. The van der Waals surface area contributed by atoms with Gasteiger partial charge in [-0.05, 0) is 37.1 Å². The van der Waals surface area contributed by atoms with Gasteiger partial charge in [0, 0.05) is 6.04 Å². The van der Waals surface area contributed by atoms with Crippen molar-refractivity contribution in [2.75, 3.05) is 0 Å². The van der Waals surface area contributed by atoms with E-state index in [0.29, 0.717) is 0 Å². The van der Waals surface area contributed by atoms with E-state index in [-0.39, 0.29) is 11.8 Å². The minimum atomic E-state index is -0.0119. The predicted octanol–water partition coefficient (Wildman–Crippen LogP) is 1.72. The molecule has 1 rings (SSSR count). The summed E-state index contributed by atoms with van der Waals surface area (Å²) < 4.78 is 0. The van der Waals surface area contributed by atoms with Gasteiger partial charge in [0.05, 0.1) is 0 Å². The van der Waals surface area contributed by atoms with Crippen LogP contribution in [0.15, 0.2) is 18.2 Å². The lowest BCUT2D eigenvalue weighted by atomic mass is 10.0. The minimum Gasteiger partial charge on any atom is -0.508 e. The lowest BCUT2D eigenvalue weighted by Gasteiger charge is -2.09. The van der Waals surface area contributed by atoms with E-state index < -0.39 is 0 Å². The Labute approximate surface area is 66.7 Å². The van der Waals surface area contributed by atoms with Crippen molar-refractivity contribution < 1.29 is 5.11 Å². The van der Waals surface area contributed by atoms with Gasteiger partial charge < -0.3 is 10.8 Å². The number of aryl methyl sites for hydroxylation is 1. The standard InChI is InChI=1S/C9H13NO/c1-6-3-4-8(11)5-9(6)7(2)10/h3-5,7,11H,10H2,1-2H3/t7-/m0/s1. The number of benzene rings is 1. The van der Waals surface area contributed by atoms with Crippen LogP contribution in [0, 0.1) is 6.92 Å². The summed E-state index contributed by atoms with van der Waals surface area (Å²) >= 11 is 0. The quantitative estimate of drug-likeness (QED) is 0.642. The molecule has 1 atom stereocenters. The maximum absolute atomic E-state index is 9.13. The number of phenols is 1. The zero-order valence-electron chi connectivity index (χ0n) is 6.83. The molecule has 0 saturated heterocycles. The van der Waals surface area contributed by atoms with E-state index in [0.717, 1.165) is 11.1 Å². The van der Waals surface area contributed by atoms with Crippen LogP contribution in [0.25, 0.3) is 0 Å². The number of phenolic OH excluding ortho intramolecular Hbond substituents is 1. The highest BCUT2D eigenvalue weighted by Crippen LogP contribution is 2.20. The zero-order valence-corrected chi connectivity index (χ0v) is 6.83. The van der Waals surface area contributed by atoms with Gasteiger partial charge in [0.25, 0.3) is 0 Å². The van der Waals surface area contributed by atoms with E-state index in [1.807, 2.05) is 19.9 Å². The molecular formula is C9H13NO. The smallest absolute Gasteiger partial charge is 0.115 e. The summed E-state index contributed by atoms with van der Waals surface area (Å²) in [5.41, 5.74) is 7.80. The van der Waals surface area contributed by atoms with Gasteiger partial charge in [-0.2, -0.15) is 0 Å². The Morgan fingerprint density at radius 1 is 1.45 bits per heavy atom. The van der Waals surface area contributed by atoms with Crippen LogP contribution in [-0.2, 0) is 0 Å². The molecule has 2 nitrogen and oxygen atoms in total. The van der Waals surface area contributed by atoms with Gasteiger partial charge in [-0.15, -0.1) is 0 Å². The van der Waals surface area contributed by atoms with E-state index >= 15 is 0 Å². The van der Waals surface area contributed by atoms with Crippen molar-refractivity contribution in [3.8, 4) is 5.75 Å². The van der Waals surface area contributed by atoms with E-state index in [1.165, 1.54) is 0 Å². The highest BCUT2D eigenvalue weighted by Gasteiger charge is 2.03. The van der Waals surface area contributed by atoms with Crippen molar-refractivity contribution >= 4 is 0 Å². The molecule has 0 aliphatic carbocycles. The highest BCUT2D eigenvalue weighted by molar-refractivity contribution is 5.35. The van der Waals surface area contributed by atoms with Crippen LogP contribution in [-0.4, -0.2) is 5.11 Å². The Morgan fingerprint density at radius 3 is 2.55 bits per heavy atom. The number of aromatic hydroxyl groups is 1. The number of nitrogens with two attached hydrogens (primary N) is 1. The Kier molecular flexibility index (Phi) is 2.15. The maximum atomic E-state index is 9.13. The molecule has 0 saturated carbocycles. The molecule has 2 heteroatoms. The lowest BCUT2D eigenvalue weighted by molar-refractivity contribution is 0.473. The Morgan fingerprint density at radius 2 is 2.09 bits per heavy atom. The summed E-state index contributed by atoms with van der Waals surface area (Å²) in [6.07, 6.45) is 0. The average molecular weight is 151 g/mol. The summed E-state index contributed by atoms with van der Waals surface area (Å²) in [6.45, 7) is 3.89. The topological polar surface area (TPSA) is 46.2 Å². The second-order valence-electron chi connectivity index (χ2n) is 2.83. The SMILES string of the molecule is Cc1ccc(O)cc1[C@H](C)N. The van der Waals surface area contributed by atoms with Gasteiger partial charge in [0.2, 0.25) is 0 Å². The van der Waals surface area contributed by atoms with Gasteiger partial charge in [0.1, 0.15) is 5.75 Å². The zero-order chi connectivity index (χ0) is 8.43. The number of hydrogen-bond donors (Lipinski definition) is 2. The van der Waals surface area contributed by atoms with E-state index in [2.05, 4.69) is 0 Å². The van der Waals surface area contributed by atoms with E-state index in [4.69, 9.17) is 10.8 Å². The largest absolute Gasteiger partial charge is 0.508 e. The molecule has 1 aromatic carbocycles. The summed E-state index contributed by atoms with van der Waals surface area (Å²) in [4.78, 5) is 0. The van der Waals surface area contributed by atoms with Crippen molar-refractivity contribution in [2.24, 2.45) is 5.73 Å². The van der Waals surface area contributed by atoms with Gasteiger partial charge in [-0.3, -0.25) is 0 Å². The molecule has 0 aliphatic rings. The first kappa shape index (κ1) is 8.08. The van der Waals surface area contributed by atoms with Gasteiger partial charge >= 0.3 is 0 Å². The fourth-order valence-corrected chi connectivity index (χ4v) is 1.12. The van der Waals surface area contributed by atoms with Gasteiger partial charge in [-0.25, -0.2) is 0 Å². The van der Waals surface area contributed by atoms with Crippen LogP contribution in [0.4, 0.5) is 0 Å². The maximum Gasteiger partial charge on any atom is 0.115 e. The van der Waals surface area contributed by atoms with Crippen LogP contribution < -0.4 is 5.73 Å². The molecule has 0 amide bonds. The molecule has 3 N–H and O–H groups in total. The van der Waals surface area contributed by atoms with Crippen LogP contribution in [0.3, 0.4) is 0 Å². The van der Waals surface area contributed by atoms with Crippen LogP contribution in [0.1, 0.15) is 24.1 Å². The molecule has 0 unspecified atom stereocenters. The molecule has 0 radical (unpaired) electrons. The fraction of sp³-hybridized carbons (Fsp3) is 0.333. The number of rotatable bonds is 1. The first-order valence-corrected chi connectivity index (χ1v) is 3.66. The third kappa shape index (κ3) is 1.71. The van der Waals surface area contributed by atoms with Gasteiger partial charge in [-0.1, -0.05) is 6.07 Å². The normalized spacial score (nSPS) is 13.0.